The minimum atomic E-state index is -3.72. The molecular formula is C21H25FN2O3S. The summed E-state index contributed by atoms with van der Waals surface area (Å²) in [7, 11) is -3.72. The summed E-state index contributed by atoms with van der Waals surface area (Å²) in [4.78, 5) is 12.8. The van der Waals surface area contributed by atoms with Crippen LogP contribution in [0.15, 0.2) is 41.3 Å². The SMILES string of the molecule is CCc1cccc(CC)c1NC(=O)c1cc(S(=O)(=O)N2CCCC2)ccc1F. The molecule has 2 aromatic rings. The molecule has 28 heavy (non-hydrogen) atoms. The third kappa shape index (κ3) is 3.95. The highest BCUT2D eigenvalue weighted by molar-refractivity contribution is 7.89. The van der Waals surface area contributed by atoms with E-state index in [-0.39, 0.29) is 10.5 Å². The normalized spacial score (nSPS) is 15.0. The van der Waals surface area contributed by atoms with E-state index in [1.165, 1.54) is 10.4 Å². The van der Waals surface area contributed by atoms with Crippen LogP contribution < -0.4 is 5.32 Å². The van der Waals surface area contributed by atoms with Crippen LogP contribution in [-0.4, -0.2) is 31.7 Å². The predicted octanol–water partition coefficient (Wildman–Crippen LogP) is 3.99. The van der Waals surface area contributed by atoms with E-state index < -0.39 is 21.7 Å². The van der Waals surface area contributed by atoms with Gasteiger partial charge in [-0.05, 0) is 55.0 Å². The van der Waals surface area contributed by atoms with E-state index in [4.69, 9.17) is 0 Å². The fraction of sp³-hybridized carbons (Fsp3) is 0.381. The van der Waals surface area contributed by atoms with Crippen molar-refractivity contribution in [2.24, 2.45) is 0 Å². The number of hydrogen-bond donors (Lipinski definition) is 1. The minimum Gasteiger partial charge on any atom is -0.321 e. The van der Waals surface area contributed by atoms with Crippen LogP contribution in [-0.2, 0) is 22.9 Å². The Labute approximate surface area is 165 Å². The number of carbonyl (C=O) groups excluding carboxylic acids is 1. The Bertz CT molecular complexity index is 961. The van der Waals surface area contributed by atoms with Gasteiger partial charge in [0.2, 0.25) is 10.0 Å². The first-order valence-electron chi connectivity index (χ1n) is 9.60. The molecule has 0 unspecified atom stereocenters. The van der Waals surface area contributed by atoms with Crippen LogP contribution in [0.25, 0.3) is 0 Å². The van der Waals surface area contributed by atoms with E-state index >= 15 is 0 Å². The third-order valence-electron chi connectivity index (χ3n) is 5.12. The predicted molar refractivity (Wildman–Crippen MR) is 108 cm³/mol. The quantitative estimate of drug-likeness (QED) is 0.792. The second-order valence-electron chi connectivity index (χ2n) is 6.87. The number of aryl methyl sites for hydroxylation is 2. The van der Waals surface area contributed by atoms with Crippen molar-refractivity contribution in [1.29, 1.82) is 0 Å². The Morgan fingerprint density at radius 2 is 1.68 bits per heavy atom. The van der Waals surface area contributed by atoms with Crippen LogP contribution >= 0.6 is 0 Å². The zero-order valence-electron chi connectivity index (χ0n) is 16.2. The lowest BCUT2D eigenvalue weighted by atomic mass is 10.0. The molecule has 1 amide bonds. The number of para-hydroxylation sites is 1. The highest BCUT2D eigenvalue weighted by atomic mass is 32.2. The van der Waals surface area contributed by atoms with Gasteiger partial charge in [0.25, 0.3) is 5.91 Å². The maximum absolute atomic E-state index is 14.4. The first-order valence-corrected chi connectivity index (χ1v) is 11.0. The molecule has 3 rings (SSSR count). The number of amides is 1. The van der Waals surface area contributed by atoms with Crippen molar-refractivity contribution in [3.8, 4) is 0 Å². The molecule has 0 saturated carbocycles. The molecule has 0 atom stereocenters. The largest absolute Gasteiger partial charge is 0.321 e. The second-order valence-corrected chi connectivity index (χ2v) is 8.80. The van der Waals surface area contributed by atoms with E-state index in [1.807, 2.05) is 32.0 Å². The number of nitrogens with zero attached hydrogens (tertiary/aromatic N) is 1. The summed E-state index contributed by atoms with van der Waals surface area (Å²) in [6, 6.07) is 9.16. The van der Waals surface area contributed by atoms with Crippen molar-refractivity contribution in [1.82, 2.24) is 4.31 Å². The van der Waals surface area contributed by atoms with Crippen molar-refractivity contribution >= 4 is 21.6 Å². The average Bonchev–Trinajstić information content (AvgIpc) is 3.24. The molecule has 1 aliphatic heterocycles. The van der Waals surface area contributed by atoms with Crippen LogP contribution in [0, 0.1) is 5.82 Å². The molecule has 1 aliphatic rings. The van der Waals surface area contributed by atoms with E-state index in [9.17, 15) is 17.6 Å². The Balaban J connectivity index is 1.95. The fourth-order valence-electron chi connectivity index (χ4n) is 3.50. The summed E-state index contributed by atoms with van der Waals surface area (Å²) < 4.78 is 41.3. The van der Waals surface area contributed by atoms with E-state index in [0.29, 0.717) is 18.8 Å². The molecule has 1 fully saturated rings. The average molecular weight is 405 g/mol. The van der Waals surface area contributed by atoms with Crippen LogP contribution in [0.1, 0.15) is 48.2 Å². The zero-order chi connectivity index (χ0) is 20.3. The highest BCUT2D eigenvalue weighted by Gasteiger charge is 2.28. The molecule has 1 heterocycles. The Morgan fingerprint density at radius 3 is 2.25 bits per heavy atom. The number of carbonyl (C=O) groups is 1. The number of anilines is 1. The van der Waals surface area contributed by atoms with Crippen molar-refractivity contribution < 1.29 is 17.6 Å². The monoisotopic (exact) mass is 404 g/mol. The molecule has 0 aromatic heterocycles. The van der Waals surface area contributed by atoms with Gasteiger partial charge in [0, 0.05) is 18.8 Å². The van der Waals surface area contributed by atoms with Crippen LogP contribution in [0.3, 0.4) is 0 Å². The van der Waals surface area contributed by atoms with Gasteiger partial charge in [-0.3, -0.25) is 4.79 Å². The van der Waals surface area contributed by atoms with E-state index in [1.54, 1.807) is 0 Å². The molecule has 1 N–H and O–H groups in total. The lowest BCUT2D eigenvalue weighted by molar-refractivity contribution is 0.102. The lowest BCUT2D eigenvalue weighted by Crippen LogP contribution is -2.28. The van der Waals surface area contributed by atoms with Crippen molar-refractivity contribution in [2.45, 2.75) is 44.4 Å². The number of hydrogen-bond acceptors (Lipinski definition) is 3. The third-order valence-corrected chi connectivity index (χ3v) is 7.02. The van der Waals surface area contributed by atoms with Gasteiger partial charge in [0.15, 0.2) is 0 Å². The molecule has 0 radical (unpaired) electrons. The van der Waals surface area contributed by atoms with Gasteiger partial charge in [0.1, 0.15) is 5.82 Å². The first-order chi connectivity index (χ1) is 13.4. The maximum atomic E-state index is 14.4. The van der Waals surface area contributed by atoms with Gasteiger partial charge in [-0.1, -0.05) is 32.0 Å². The molecular weight excluding hydrogens is 379 g/mol. The van der Waals surface area contributed by atoms with Crippen LogP contribution in [0.4, 0.5) is 10.1 Å². The molecule has 0 aliphatic carbocycles. The van der Waals surface area contributed by atoms with Crippen molar-refractivity contribution in [3.63, 3.8) is 0 Å². The smallest absolute Gasteiger partial charge is 0.258 e. The minimum absolute atomic E-state index is 0.0551. The molecule has 5 nitrogen and oxygen atoms in total. The summed E-state index contributed by atoms with van der Waals surface area (Å²) in [5.41, 5.74) is 2.31. The molecule has 0 bridgehead atoms. The number of halogens is 1. The highest BCUT2D eigenvalue weighted by Crippen LogP contribution is 2.26. The van der Waals surface area contributed by atoms with Gasteiger partial charge in [-0.2, -0.15) is 4.31 Å². The number of rotatable bonds is 6. The van der Waals surface area contributed by atoms with E-state index in [2.05, 4.69) is 5.32 Å². The molecule has 7 heteroatoms. The summed E-state index contributed by atoms with van der Waals surface area (Å²) in [5, 5.41) is 2.80. The van der Waals surface area contributed by atoms with Crippen LogP contribution in [0.5, 0.6) is 0 Å². The number of nitrogens with one attached hydrogen (secondary N) is 1. The molecule has 0 spiro atoms. The molecule has 150 valence electrons. The first kappa shape index (κ1) is 20.5. The Morgan fingerprint density at radius 1 is 1.07 bits per heavy atom. The number of sulfonamides is 1. The Hall–Kier alpha value is -2.25. The van der Waals surface area contributed by atoms with Gasteiger partial charge >= 0.3 is 0 Å². The second kappa shape index (κ2) is 8.41. The molecule has 1 saturated heterocycles. The maximum Gasteiger partial charge on any atom is 0.258 e. The van der Waals surface area contributed by atoms with Crippen molar-refractivity contribution in [2.75, 3.05) is 18.4 Å². The Kier molecular flexibility index (Phi) is 6.15. The van der Waals surface area contributed by atoms with Gasteiger partial charge in [-0.15, -0.1) is 0 Å². The topological polar surface area (TPSA) is 66.5 Å². The van der Waals surface area contributed by atoms with Gasteiger partial charge in [0.05, 0.1) is 10.5 Å². The van der Waals surface area contributed by atoms with Crippen molar-refractivity contribution in [3.05, 3.63) is 58.9 Å². The van der Waals surface area contributed by atoms with Crippen LogP contribution in [0.2, 0.25) is 0 Å². The summed E-state index contributed by atoms with van der Waals surface area (Å²) in [6.07, 6.45) is 3.05. The summed E-state index contributed by atoms with van der Waals surface area (Å²) >= 11 is 0. The number of benzene rings is 2. The van der Waals surface area contributed by atoms with E-state index in [0.717, 1.165) is 48.9 Å². The van der Waals surface area contributed by atoms with Gasteiger partial charge in [-0.25, -0.2) is 12.8 Å². The summed E-state index contributed by atoms with van der Waals surface area (Å²) in [5.74, 6) is -1.39. The zero-order valence-corrected chi connectivity index (χ0v) is 17.0. The van der Waals surface area contributed by atoms with Gasteiger partial charge < -0.3 is 5.32 Å². The standard InChI is InChI=1S/C21H25FN2O3S/c1-3-15-8-7-9-16(4-2)20(15)23-21(25)18-14-17(10-11-19(18)22)28(26,27)24-12-5-6-13-24/h7-11,14H,3-6,12-13H2,1-2H3,(H,23,25). The molecule has 2 aromatic carbocycles. The lowest BCUT2D eigenvalue weighted by Gasteiger charge is -2.17. The fourth-order valence-corrected chi connectivity index (χ4v) is 5.04. The summed E-state index contributed by atoms with van der Waals surface area (Å²) in [6.45, 7) is 4.86.